The average Bonchev–Trinajstić information content (AvgIpc) is 3.13. The van der Waals surface area contributed by atoms with Crippen LogP contribution in [0.1, 0.15) is 52.7 Å². The lowest BCUT2D eigenvalue weighted by atomic mass is 9.83. The maximum Gasteiger partial charge on any atom is 0.136 e. The second-order valence-corrected chi connectivity index (χ2v) is 14.8. The van der Waals surface area contributed by atoms with Crippen LogP contribution in [-0.4, -0.2) is 34.2 Å². The highest BCUT2D eigenvalue weighted by Gasteiger charge is 2.24. The molecule has 4 heterocycles. The van der Waals surface area contributed by atoms with Crippen molar-refractivity contribution >= 4 is 21.8 Å². The number of benzene rings is 3. The smallest absolute Gasteiger partial charge is 0.136 e. The highest BCUT2D eigenvalue weighted by molar-refractivity contribution is 6.04. The normalized spacial score (nSPS) is 12.0. The lowest BCUT2D eigenvalue weighted by Crippen LogP contribution is -2.12. The van der Waals surface area contributed by atoms with Crippen molar-refractivity contribution in [2.24, 2.45) is 0 Å². The van der Waals surface area contributed by atoms with Gasteiger partial charge in [0.05, 0.1) is 36.6 Å². The van der Waals surface area contributed by atoms with Crippen LogP contribution in [0.15, 0.2) is 110 Å². The van der Waals surface area contributed by atoms with Gasteiger partial charge < -0.3 is 9.47 Å². The van der Waals surface area contributed by atoms with Crippen LogP contribution in [0.5, 0.6) is 11.5 Å². The summed E-state index contributed by atoms with van der Waals surface area (Å²) in [4.78, 5) is 19.5. The lowest BCUT2D eigenvalue weighted by molar-refractivity contribution is 0.417. The molecular formula is C44H42N4O2. The van der Waals surface area contributed by atoms with E-state index in [0.717, 1.165) is 78.1 Å². The van der Waals surface area contributed by atoms with E-state index >= 15 is 0 Å². The third-order valence-corrected chi connectivity index (χ3v) is 9.33. The zero-order chi connectivity index (χ0) is 35.2. The number of fused-ring (bicyclic) bond motifs is 3. The van der Waals surface area contributed by atoms with Gasteiger partial charge in [0, 0.05) is 68.9 Å². The molecule has 50 heavy (non-hydrogen) atoms. The fraction of sp³-hybridized carbons (Fsp3) is 0.227. The SMILES string of the molecule is COc1c(-c2cccnc2)cc(C(C)(C)C)cc1-c1ccc2ccc3ccc(-c4cc(C(C)(C)C)cc(-c5cccnc5)c4OC)nc3c2n1. The van der Waals surface area contributed by atoms with E-state index in [9.17, 15) is 0 Å². The Bertz CT molecular complexity index is 2190. The van der Waals surface area contributed by atoms with Crippen LogP contribution >= 0.6 is 0 Å². The van der Waals surface area contributed by atoms with E-state index in [1.807, 2.05) is 24.5 Å². The van der Waals surface area contributed by atoms with Crippen LogP contribution in [-0.2, 0) is 10.8 Å². The van der Waals surface area contributed by atoms with Crippen molar-refractivity contribution in [2.45, 2.75) is 52.4 Å². The number of methoxy groups -OCH3 is 2. The van der Waals surface area contributed by atoms with Crippen LogP contribution in [0.3, 0.4) is 0 Å². The van der Waals surface area contributed by atoms with Crippen LogP contribution in [0.25, 0.3) is 66.6 Å². The molecule has 0 amide bonds. The highest BCUT2D eigenvalue weighted by atomic mass is 16.5. The second kappa shape index (κ2) is 12.7. The Kier molecular flexibility index (Phi) is 8.35. The van der Waals surface area contributed by atoms with Crippen LogP contribution in [0, 0.1) is 0 Å². The largest absolute Gasteiger partial charge is 0.495 e. The lowest BCUT2D eigenvalue weighted by Gasteiger charge is -2.24. The maximum atomic E-state index is 6.14. The molecule has 6 heteroatoms. The zero-order valence-corrected chi connectivity index (χ0v) is 30.0. The minimum absolute atomic E-state index is 0.104. The van der Waals surface area contributed by atoms with Crippen molar-refractivity contribution in [3.8, 4) is 56.3 Å². The molecule has 0 fully saturated rings. The first-order valence-electron chi connectivity index (χ1n) is 16.9. The van der Waals surface area contributed by atoms with Gasteiger partial charge in [-0.05, 0) is 70.5 Å². The summed E-state index contributed by atoms with van der Waals surface area (Å²) in [6.45, 7) is 13.3. The van der Waals surface area contributed by atoms with Gasteiger partial charge in [0.15, 0.2) is 0 Å². The summed E-state index contributed by atoms with van der Waals surface area (Å²) in [6.07, 6.45) is 7.33. The second-order valence-electron chi connectivity index (χ2n) is 14.8. The summed E-state index contributed by atoms with van der Waals surface area (Å²) >= 11 is 0. The average molecular weight is 659 g/mol. The molecule has 250 valence electrons. The van der Waals surface area contributed by atoms with Gasteiger partial charge in [0.2, 0.25) is 0 Å². The van der Waals surface area contributed by atoms with Crippen molar-refractivity contribution in [2.75, 3.05) is 14.2 Å². The maximum absolute atomic E-state index is 6.14. The molecule has 0 radical (unpaired) electrons. The van der Waals surface area contributed by atoms with Crippen LogP contribution in [0.4, 0.5) is 0 Å². The van der Waals surface area contributed by atoms with Gasteiger partial charge in [-0.2, -0.15) is 0 Å². The van der Waals surface area contributed by atoms with Crippen molar-refractivity contribution in [1.29, 1.82) is 0 Å². The number of nitrogens with zero attached hydrogens (tertiary/aromatic N) is 4. The number of aromatic nitrogens is 4. The van der Waals surface area contributed by atoms with Crippen molar-refractivity contribution in [3.05, 3.63) is 121 Å². The molecule has 0 saturated heterocycles. The third kappa shape index (κ3) is 6.07. The standard InChI is InChI=1S/C44H42N4O2/c1-43(2,3)31-21-33(29-11-9-19-45-25-29)41(49-7)35(23-31)37-17-15-27-13-14-28-16-18-38(48-40(28)39(27)47-37)36-24-32(44(4,5)6)22-34(42(36)50-8)30-12-10-20-46-26-30/h9-26H,1-8H3. The van der Waals surface area contributed by atoms with Crippen molar-refractivity contribution in [1.82, 2.24) is 19.9 Å². The molecule has 0 spiro atoms. The van der Waals surface area contributed by atoms with Gasteiger partial charge in [-0.15, -0.1) is 0 Å². The summed E-state index contributed by atoms with van der Waals surface area (Å²) in [7, 11) is 3.44. The predicted octanol–water partition coefficient (Wildman–Crippen LogP) is 10.9. The number of pyridine rings is 4. The van der Waals surface area contributed by atoms with Gasteiger partial charge in [-0.3, -0.25) is 9.97 Å². The first-order valence-corrected chi connectivity index (χ1v) is 16.9. The molecule has 0 aliphatic rings. The van der Waals surface area contributed by atoms with E-state index < -0.39 is 0 Å². The number of hydrogen-bond donors (Lipinski definition) is 0. The summed E-state index contributed by atoms with van der Waals surface area (Å²) in [5, 5.41) is 2.02. The molecule has 7 aromatic rings. The van der Waals surface area contributed by atoms with Gasteiger partial charge >= 0.3 is 0 Å². The third-order valence-electron chi connectivity index (χ3n) is 9.33. The first-order chi connectivity index (χ1) is 24.0. The molecule has 4 aromatic heterocycles. The molecule has 7 rings (SSSR count). The molecule has 0 aliphatic carbocycles. The zero-order valence-electron chi connectivity index (χ0n) is 30.0. The Morgan fingerprint density at radius 3 is 1.20 bits per heavy atom. The molecule has 0 aliphatic heterocycles. The Morgan fingerprint density at radius 1 is 0.480 bits per heavy atom. The van der Waals surface area contributed by atoms with E-state index in [-0.39, 0.29) is 10.8 Å². The number of ether oxygens (including phenoxy) is 2. The highest BCUT2D eigenvalue weighted by Crippen LogP contribution is 2.44. The Labute approximate surface area is 294 Å². The van der Waals surface area contributed by atoms with Gasteiger partial charge in [0.1, 0.15) is 11.5 Å². The van der Waals surface area contributed by atoms with Crippen molar-refractivity contribution < 1.29 is 9.47 Å². The fourth-order valence-electron chi connectivity index (χ4n) is 6.48. The minimum atomic E-state index is -0.104. The monoisotopic (exact) mass is 658 g/mol. The molecular weight excluding hydrogens is 617 g/mol. The van der Waals surface area contributed by atoms with Crippen LogP contribution in [0.2, 0.25) is 0 Å². The summed E-state index contributed by atoms with van der Waals surface area (Å²) in [5.74, 6) is 1.52. The molecule has 6 nitrogen and oxygen atoms in total. The Morgan fingerprint density at radius 2 is 0.860 bits per heavy atom. The number of hydrogen-bond acceptors (Lipinski definition) is 6. The number of rotatable bonds is 6. The summed E-state index contributed by atoms with van der Waals surface area (Å²) < 4.78 is 12.3. The fourth-order valence-corrected chi connectivity index (χ4v) is 6.48. The van der Waals surface area contributed by atoms with Gasteiger partial charge in [-0.1, -0.05) is 77.9 Å². The van der Waals surface area contributed by atoms with Gasteiger partial charge in [0.25, 0.3) is 0 Å². The van der Waals surface area contributed by atoms with E-state index in [0.29, 0.717) is 0 Å². The molecule has 0 bridgehead atoms. The topological polar surface area (TPSA) is 70.0 Å². The van der Waals surface area contributed by atoms with Crippen LogP contribution < -0.4 is 9.47 Å². The molecule has 0 saturated carbocycles. The first kappa shape index (κ1) is 32.9. The van der Waals surface area contributed by atoms with E-state index in [1.54, 1.807) is 26.6 Å². The van der Waals surface area contributed by atoms with E-state index in [1.165, 1.54) is 11.1 Å². The summed E-state index contributed by atoms with van der Waals surface area (Å²) in [5.41, 5.74) is 11.2. The molecule has 0 N–H and O–H groups in total. The van der Waals surface area contributed by atoms with E-state index in [4.69, 9.17) is 19.4 Å². The molecule has 0 unspecified atom stereocenters. The van der Waals surface area contributed by atoms with Gasteiger partial charge in [-0.25, -0.2) is 9.97 Å². The molecule has 0 atom stereocenters. The quantitative estimate of drug-likeness (QED) is 0.166. The minimum Gasteiger partial charge on any atom is -0.495 e. The Balaban J connectivity index is 1.47. The van der Waals surface area contributed by atoms with E-state index in [2.05, 4.69) is 124 Å². The Hall–Kier alpha value is -5.62. The summed E-state index contributed by atoms with van der Waals surface area (Å²) in [6, 6.07) is 29.5. The molecule has 3 aromatic carbocycles. The van der Waals surface area contributed by atoms with Crippen molar-refractivity contribution in [3.63, 3.8) is 0 Å². The predicted molar refractivity (Wildman–Crippen MR) is 205 cm³/mol.